The summed E-state index contributed by atoms with van der Waals surface area (Å²) >= 11 is 0. The highest BCUT2D eigenvalue weighted by Gasteiger charge is 2.28. The monoisotopic (exact) mass is 371 g/mol. The van der Waals surface area contributed by atoms with Crippen LogP contribution < -0.4 is 0 Å². The molecular formula is C19H25N5O3. The van der Waals surface area contributed by atoms with Crippen molar-refractivity contribution in [1.82, 2.24) is 25.1 Å². The number of carbonyl (C=O) groups excluding carboxylic acids is 2. The van der Waals surface area contributed by atoms with Crippen molar-refractivity contribution in [3.8, 4) is 11.4 Å². The molecule has 144 valence electrons. The van der Waals surface area contributed by atoms with Gasteiger partial charge in [-0.2, -0.15) is 0 Å². The van der Waals surface area contributed by atoms with Gasteiger partial charge in [0.15, 0.2) is 5.82 Å². The van der Waals surface area contributed by atoms with Crippen LogP contribution in [-0.4, -0.2) is 56.7 Å². The van der Waals surface area contributed by atoms with Gasteiger partial charge in [-0.05, 0) is 56.2 Å². The van der Waals surface area contributed by atoms with Crippen LogP contribution in [0.4, 0.5) is 0 Å². The predicted octanol–water partition coefficient (Wildman–Crippen LogP) is 2.34. The number of rotatable bonds is 5. The minimum atomic E-state index is -0.160. The number of aromatic nitrogens is 4. The Balaban J connectivity index is 1.71. The fraction of sp³-hybridized carbons (Fsp3) is 0.526. The number of benzene rings is 1. The molecule has 0 aliphatic carbocycles. The SMILES string of the molecule is CCOC(=O)C1CCN(C(=O)c2cccc(-c3nnnn3C(C)C)c2)CC1. The zero-order valence-corrected chi connectivity index (χ0v) is 16.0. The summed E-state index contributed by atoms with van der Waals surface area (Å²) in [5.41, 5.74) is 1.40. The van der Waals surface area contributed by atoms with E-state index in [-0.39, 0.29) is 23.8 Å². The molecule has 1 saturated heterocycles. The van der Waals surface area contributed by atoms with Gasteiger partial charge >= 0.3 is 5.97 Å². The van der Waals surface area contributed by atoms with Crippen molar-refractivity contribution < 1.29 is 14.3 Å². The van der Waals surface area contributed by atoms with Crippen LogP contribution in [-0.2, 0) is 9.53 Å². The lowest BCUT2D eigenvalue weighted by molar-refractivity contribution is -0.149. The Hall–Kier alpha value is -2.77. The van der Waals surface area contributed by atoms with Crippen LogP contribution in [0.5, 0.6) is 0 Å². The van der Waals surface area contributed by atoms with Crippen molar-refractivity contribution in [2.45, 2.75) is 39.7 Å². The number of esters is 1. The van der Waals surface area contributed by atoms with Crippen LogP contribution in [0.15, 0.2) is 24.3 Å². The Bertz CT molecular complexity index is 809. The molecule has 3 rings (SSSR count). The summed E-state index contributed by atoms with van der Waals surface area (Å²) in [6.07, 6.45) is 1.27. The normalized spacial score (nSPS) is 15.2. The van der Waals surface area contributed by atoms with E-state index in [2.05, 4.69) is 15.5 Å². The van der Waals surface area contributed by atoms with Gasteiger partial charge in [0.2, 0.25) is 0 Å². The van der Waals surface area contributed by atoms with Crippen molar-refractivity contribution >= 4 is 11.9 Å². The van der Waals surface area contributed by atoms with E-state index in [1.807, 2.05) is 32.0 Å². The van der Waals surface area contributed by atoms with E-state index >= 15 is 0 Å². The average Bonchev–Trinajstić information content (AvgIpc) is 3.18. The number of hydrogen-bond acceptors (Lipinski definition) is 6. The van der Waals surface area contributed by atoms with E-state index in [9.17, 15) is 9.59 Å². The van der Waals surface area contributed by atoms with Gasteiger partial charge in [0.25, 0.3) is 5.91 Å². The maximum atomic E-state index is 12.9. The van der Waals surface area contributed by atoms with Crippen molar-refractivity contribution in [3.05, 3.63) is 29.8 Å². The second-order valence-corrected chi connectivity index (χ2v) is 6.94. The third-order valence-electron chi connectivity index (χ3n) is 4.75. The molecule has 1 aromatic heterocycles. The maximum absolute atomic E-state index is 12.9. The molecule has 0 saturated carbocycles. The molecule has 8 nitrogen and oxygen atoms in total. The van der Waals surface area contributed by atoms with E-state index in [1.165, 1.54) is 0 Å². The zero-order valence-electron chi connectivity index (χ0n) is 16.0. The molecule has 8 heteroatoms. The Morgan fingerprint density at radius 1 is 1.26 bits per heavy atom. The summed E-state index contributed by atoms with van der Waals surface area (Å²) in [5, 5.41) is 11.9. The lowest BCUT2D eigenvalue weighted by Gasteiger charge is -2.31. The van der Waals surface area contributed by atoms with Gasteiger partial charge in [-0.25, -0.2) is 4.68 Å². The van der Waals surface area contributed by atoms with Crippen LogP contribution >= 0.6 is 0 Å². The van der Waals surface area contributed by atoms with Crippen LogP contribution in [0.1, 0.15) is 50.0 Å². The summed E-state index contributed by atoms with van der Waals surface area (Å²) in [7, 11) is 0. The molecular weight excluding hydrogens is 346 g/mol. The average molecular weight is 371 g/mol. The van der Waals surface area contributed by atoms with Gasteiger partial charge in [0, 0.05) is 24.2 Å². The Kier molecular flexibility index (Phi) is 5.83. The van der Waals surface area contributed by atoms with Crippen LogP contribution in [0.3, 0.4) is 0 Å². The minimum Gasteiger partial charge on any atom is -0.466 e. The van der Waals surface area contributed by atoms with Gasteiger partial charge in [0.1, 0.15) is 0 Å². The van der Waals surface area contributed by atoms with E-state index in [4.69, 9.17) is 4.74 Å². The number of nitrogens with zero attached hydrogens (tertiary/aromatic N) is 5. The third-order valence-corrected chi connectivity index (χ3v) is 4.75. The number of piperidine rings is 1. The molecule has 0 radical (unpaired) electrons. The highest BCUT2D eigenvalue weighted by atomic mass is 16.5. The number of amides is 1. The van der Waals surface area contributed by atoms with E-state index in [1.54, 1.807) is 22.6 Å². The number of likely N-dealkylation sites (tertiary alicyclic amines) is 1. The first-order chi connectivity index (χ1) is 13.0. The van der Waals surface area contributed by atoms with Gasteiger partial charge in [-0.1, -0.05) is 12.1 Å². The molecule has 1 aliphatic heterocycles. The molecule has 0 spiro atoms. The number of tetrazole rings is 1. The number of ether oxygens (including phenoxy) is 1. The summed E-state index contributed by atoms with van der Waals surface area (Å²) < 4.78 is 6.82. The second kappa shape index (κ2) is 8.28. The lowest BCUT2D eigenvalue weighted by atomic mass is 9.96. The topological polar surface area (TPSA) is 90.2 Å². The number of carbonyl (C=O) groups is 2. The van der Waals surface area contributed by atoms with Crippen LogP contribution in [0.2, 0.25) is 0 Å². The molecule has 0 bridgehead atoms. The summed E-state index contributed by atoms with van der Waals surface area (Å²) in [6, 6.07) is 7.48. The standard InChI is InChI=1S/C19H25N5O3/c1-4-27-19(26)14-8-10-23(11-9-14)18(25)16-7-5-6-15(12-16)17-20-21-22-24(17)13(2)3/h5-7,12-14H,4,8-11H2,1-3H3. The van der Waals surface area contributed by atoms with Gasteiger partial charge < -0.3 is 9.64 Å². The van der Waals surface area contributed by atoms with Crippen LogP contribution in [0, 0.1) is 5.92 Å². The number of hydrogen-bond donors (Lipinski definition) is 0. The van der Waals surface area contributed by atoms with Crippen molar-refractivity contribution in [1.29, 1.82) is 0 Å². The van der Waals surface area contributed by atoms with Gasteiger partial charge in [-0.15, -0.1) is 5.10 Å². The minimum absolute atomic E-state index is 0.0391. The van der Waals surface area contributed by atoms with Crippen molar-refractivity contribution in [3.63, 3.8) is 0 Å². The fourth-order valence-electron chi connectivity index (χ4n) is 3.28. The Morgan fingerprint density at radius 3 is 2.67 bits per heavy atom. The molecule has 27 heavy (non-hydrogen) atoms. The predicted molar refractivity (Wildman–Crippen MR) is 98.9 cm³/mol. The first-order valence-electron chi connectivity index (χ1n) is 9.35. The Labute approximate surface area is 158 Å². The molecule has 1 amide bonds. The van der Waals surface area contributed by atoms with Crippen LogP contribution in [0.25, 0.3) is 11.4 Å². The summed E-state index contributed by atoms with van der Waals surface area (Å²) in [5.74, 6) is 0.325. The van der Waals surface area contributed by atoms with Crippen molar-refractivity contribution in [2.24, 2.45) is 5.92 Å². The second-order valence-electron chi connectivity index (χ2n) is 6.94. The molecule has 1 aromatic carbocycles. The molecule has 1 fully saturated rings. The molecule has 0 atom stereocenters. The van der Waals surface area contributed by atoms with Gasteiger partial charge in [-0.3, -0.25) is 9.59 Å². The third kappa shape index (κ3) is 4.15. The smallest absolute Gasteiger partial charge is 0.309 e. The first kappa shape index (κ1) is 19.0. The molecule has 1 aliphatic rings. The fourth-order valence-corrected chi connectivity index (χ4v) is 3.28. The molecule has 2 aromatic rings. The van der Waals surface area contributed by atoms with E-state index < -0.39 is 0 Å². The maximum Gasteiger partial charge on any atom is 0.309 e. The van der Waals surface area contributed by atoms with Crippen molar-refractivity contribution in [2.75, 3.05) is 19.7 Å². The van der Waals surface area contributed by atoms with E-state index in [0.717, 1.165) is 5.56 Å². The van der Waals surface area contributed by atoms with E-state index in [0.29, 0.717) is 43.9 Å². The Morgan fingerprint density at radius 2 is 2.00 bits per heavy atom. The molecule has 2 heterocycles. The first-order valence-corrected chi connectivity index (χ1v) is 9.35. The summed E-state index contributed by atoms with van der Waals surface area (Å²) in [6.45, 7) is 7.30. The quantitative estimate of drug-likeness (QED) is 0.750. The molecule has 0 unspecified atom stereocenters. The largest absolute Gasteiger partial charge is 0.466 e. The summed E-state index contributed by atoms with van der Waals surface area (Å²) in [4.78, 5) is 26.5. The lowest BCUT2D eigenvalue weighted by Crippen LogP contribution is -2.40. The zero-order chi connectivity index (χ0) is 19.4. The van der Waals surface area contributed by atoms with Gasteiger partial charge in [0.05, 0.1) is 18.6 Å². The highest BCUT2D eigenvalue weighted by molar-refractivity contribution is 5.95. The molecule has 0 N–H and O–H groups in total. The highest BCUT2D eigenvalue weighted by Crippen LogP contribution is 2.23.